The average molecular weight is 291 g/mol. The highest BCUT2D eigenvalue weighted by Gasteiger charge is 2.21. The van der Waals surface area contributed by atoms with Gasteiger partial charge in [-0.25, -0.2) is 13.1 Å². The third-order valence-corrected chi connectivity index (χ3v) is 5.17. The number of sulfonamides is 1. The highest BCUT2D eigenvalue weighted by atomic mass is 32.2. The van der Waals surface area contributed by atoms with Crippen LogP contribution < -0.4 is 15.8 Å². The standard InChI is InChI=1S/C10H17N3O3S2/c1-10(2,11)9(14)13-6-7-4-5-8(17-7)18(15,16)12-3/h4-5,12H,6,11H2,1-3H3,(H,13,14). The molecule has 1 aromatic rings. The number of hydrogen-bond acceptors (Lipinski definition) is 5. The fraction of sp³-hybridized carbons (Fsp3) is 0.500. The van der Waals surface area contributed by atoms with E-state index in [1.54, 1.807) is 19.9 Å². The van der Waals surface area contributed by atoms with E-state index < -0.39 is 15.6 Å². The van der Waals surface area contributed by atoms with E-state index in [2.05, 4.69) is 10.0 Å². The van der Waals surface area contributed by atoms with Crippen LogP contribution in [-0.2, 0) is 21.4 Å². The van der Waals surface area contributed by atoms with Crippen LogP contribution in [0.4, 0.5) is 0 Å². The fourth-order valence-corrected chi connectivity index (χ4v) is 3.23. The summed E-state index contributed by atoms with van der Waals surface area (Å²) in [7, 11) is -2.06. The van der Waals surface area contributed by atoms with E-state index in [-0.39, 0.29) is 16.7 Å². The zero-order valence-corrected chi connectivity index (χ0v) is 12.1. The van der Waals surface area contributed by atoms with E-state index in [4.69, 9.17) is 5.73 Å². The first-order valence-electron chi connectivity index (χ1n) is 5.26. The lowest BCUT2D eigenvalue weighted by Gasteiger charge is -2.17. The van der Waals surface area contributed by atoms with Crippen molar-refractivity contribution in [1.29, 1.82) is 0 Å². The first kappa shape index (κ1) is 15.1. The predicted octanol–water partition coefficient (Wildman–Crippen LogP) is 0.00970. The van der Waals surface area contributed by atoms with Crippen molar-refractivity contribution in [3.05, 3.63) is 17.0 Å². The molecule has 18 heavy (non-hydrogen) atoms. The molecule has 0 aromatic carbocycles. The van der Waals surface area contributed by atoms with Crippen LogP contribution in [0.15, 0.2) is 16.3 Å². The Bertz CT molecular complexity index is 529. The second kappa shape index (κ2) is 5.35. The molecular weight excluding hydrogens is 274 g/mol. The zero-order valence-electron chi connectivity index (χ0n) is 10.5. The average Bonchev–Trinajstić information content (AvgIpc) is 2.73. The molecule has 0 bridgehead atoms. The molecule has 0 fully saturated rings. The molecule has 102 valence electrons. The molecule has 1 rings (SSSR count). The minimum Gasteiger partial charge on any atom is -0.350 e. The molecule has 1 aromatic heterocycles. The highest BCUT2D eigenvalue weighted by molar-refractivity contribution is 7.91. The second-order valence-electron chi connectivity index (χ2n) is 4.33. The lowest BCUT2D eigenvalue weighted by Crippen LogP contribution is -2.48. The summed E-state index contributed by atoms with van der Waals surface area (Å²) in [6.45, 7) is 3.48. The van der Waals surface area contributed by atoms with Crippen molar-refractivity contribution in [3.8, 4) is 0 Å². The maximum Gasteiger partial charge on any atom is 0.249 e. The van der Waals surface area contributed by atoms with Gasteiger partial charge in [0.1, 0.15) is 4.21 Å². The molecule has 0 atom stereocenters. The van der Waals surface area contributed by atoms with Crippen molar-refractivity contribution in [1.82, 2.24) is 10.0 Å². The van der Waals surface area contributed by atoms with Gasteiger partial charge in [-0.2, -0.15) is 0 Å². The molecule has 8 heteroatoms. The van der Waals surface area contributed by atoms with Crippen LogP contribution in [0.25, 0.3) is 0 Å². The van der Waals surface area contributed by atoms with Gasteiger partial charge in [0, 0.05) is 4.88 Å². The van der Waals surface area contributed by atoms with Gasteiger partial charge in [0.05, 0.1) is 12.1 Å². The largest absolute Gasteiger partial charge is 0.350 e. The highest BCUT2D eigenvalue weighted by Crippen LogP contribution is 2.21. The smallest absolute Gasteiger partial charge is 0.249 e. The van der Waals surface area contributed by atoms with Crippen molar-refractivity contribution >= 4 is 27.3 Å². The lowest BCUT2D eigenvalue weighted by atomic mass is 10.1. The Morgan fingerprint density at radius 2 is 2.06 bits per heavy atom. The first-order valence-corrected chi connectivity index (χ1v) is 7.56. The molecule has 0 saturated heterocycles. The van der Waals surface area contributed by atoms with Crippen molar-refractivity contribution in [2.75, 3.05) is 7.05 Å². The number of carbonyl (C=O) groups is 1. The normalized spacial score (nSPS) is 12.4. The van der Waals surface area contributed by atoms with Gasteiger partial charge in [0.25, 0.3) is 0 Å². The lowest BCUT2D eigenvalue weighted by molar-refractivity contribution is -0.125. The third-order valence-electron chi connectivity index (χ3n) is 2.18. The van der Waals surface area contributed by atoms with Gasteiger partial charge in [-0.1, -0.05) is 0 Å². The SMILES string of the molecule is CNS(=O)(=O)c1ccc(CNC(=O)C(C)(C)N)s1. The number of thiophene rings is 1. The van der Waals surface area contributed by atoms with E-state index in [1.807, 2.05) is 0 Å². The number of amides is 1. The van der Waals surface area contributed by atoms with Crippen LogP contribution >= 0.6 is 11.3 Å². The summed E-state index contributed by atoms with van der Waals surface area (Å²) in [6, 6.07) is 3.17. The molecule has 0 unspecified atom stereocenters. The molecular formula is C10H17N3O3S2. The second-order valence-corrected chi connectivity index (χ2v) is 7.61. The van der Waals surface area contributed by atoms with E-state index in [0.717, 1.165) is 16.2 Å². The summed E-state index contributed by atoms with van der Waals surface area (Å²) in [5.74, 6) is -0.283. The summed E-state index contributed by atoms with van der Waals surface area (Å²) in [5, 5.41) is 2.65. The van der Waals surface area contributed by atoms with Gasteiger partial charge in [-0.15, -0.1) is 11.3 Å². The van der Waals surface area contributed by atoms with Crippen molar-refractivity contribution in [3.63, 3.8) is 0 Å². The fourth-order valence-electron chi connectivity index (χ4n) is 1.09. The van der Waals surface area contributed by atoms with Gasteiger partial charge in [-0.3, -0.25) is 4.79 Å². The monoisotopic (exact) mass is 291 g/mol. The zero-order chi connectivity index (χ0) is 14.0. The van der Waals surface area contributed by atoms with Crippen LogP contribution in [0, 0.1) is 0 Å². The maximum atomic E-state index is 11.5. The molecule has 1 amide bonds. The summed E-state index contributed by atoms with van der Waals surface area (Å²) in [4.78, 5) is 12.3. The number of nitrogens with one attached hydrogen (secondary N) is 2. The Labute approximate surface area is 111 Å². The van der Waals surface area contributed by atoms with Crippen LogP contribution in [0.1, 0.15) is 18.7 Å². The quantitative estimate of drug-likeness (QED) is 0.711. The molecule has 1 heterocycles. The van der Waals surface area contributed by atoms with Crippen molar-refractivity contribution in [2.24, 2.45) is 5.73 Å². The van der Waals surface area contributed by atoms with E-state index in [0.29, 0.717) is 0 Å². The number of hydrogen-bond donors (Lipinski definition) is 3. The van der Waals surface area contributed by atoms with E-state index in [1.165, 1.54) is 13.1 Å². The van der Waals surface area contributed by atoms with Crippen LogP contribution in [0.2, 0.25) is 0 Å². The summed E-state index contributed by atoms with van der Waals surface area (Å²) >= 11 is 1.11. The molecule has 0 aliphatic rings. The van der Waals surface area contributed by atoms with E-state index in [9.17, 15) is 13.2 Å². The number of nitrogens with two attached hydrogens (primary N) is 1. The number of rotatable bonds is 5. The molecule has 0 spiro atoms. The summed E-state index contributed by atoms with van der Waals surface area (Å²) in [5.41, 5.74) is 4.68. The van der Waals surface area contributed by atoms with E-state index >= 15 is 0 Å². The molecule has 4 N–H and O–H groups in total. The predicted molar refractivity (Wildman–Crippen MR) is 70.7 cm³/mol. The Morgan fingerprint density at radius 1 is 1.44 bits per heavy atom. The summed E-state index contributed by atoms with van der Waals surface area (Å²) < 4.78 is 25.5. The van der Waals surface area contributed by atoms with Gasteiger partial charge in [0.15, 0.2) is 0 Å². The van der Waals surface area contributed by atoms with Crippen molar-refractivity contribution < 1.29 is 13.2 Å². The van der Waals surface area contributed by atoms with Crippen molar-refractivity contribution in [2.45, 2.75) is 30.1 Å². The molecule has 0 radical (unpaired) electrons. The van der Waals surface area contributed by atoms with Crippen LogP contribution in [-0.4, -0.2) is 26.9 Å². The Kier molecular flexibility index (Phi) is 4.49. The van der Waals surface area contributed by atoms with Gasteiger partial charge in [0.2, 0.25) is 15.9 Å². The summed E-state index contributed by atoms with van der Waals surface area (Å²) in [6.07, 6.45) is 0. The molecule has 0 aliphatic carbocycles. The van der Waals surface area contributed by atoms with Gasteiger partial charge in [-0.05, 0) is 33.0 Å². The molecule has 0 aliphatic heterocycles. The Hall–Kier alpha value is -0.960. The van der Waals surface area contributed by atoms with Gasteiger partial charge < -0.3 is 11.1 Å². The minimum atomic E-state index is -3.41. The topological polar surface area (TPSA) is 101 Å². The Morgan fingerprint density at radius 3 is 2.56 bits per heavy atom. The first-order chi connectivity index (χ1) is 8.16. The number of carbonyl (C=O) groups excluding carboxylic acids is 1. The third kappa shape index (κ3) is 3.77. The molecule has 0 saturated carbocycles. The van der Waals surface area contributed by atoms with Gasteiger partial charge >= 0.3 is 0 Å². The van der Waals surface area contributed by atoms with Crippen LogP contribution in [0.3, 0.4) is 0 Å². The Balaban J connectivity index is 2.69. The van der Waals surface area contributed by atoms with Crippen LogP contribution in [0.5, 0.6) is 0 Å². The minimum absolute atomic E-state index is 0.223. The maximum absolute atomic E-state index is 11.5. The molecule has 6 nitrogen and oxygen atoms in total.